The summed E-state index contributed by atoms with van der Waals surface area (Å²) in [7, 11) is 0. The fraction of sp³-hybridized carbons (Fsp3) is 0.267. The second-order valence-electron chi connectivity index (χ2n) is 4.34. The molecule has 0 saturated carbocycles. The molecule has 6 nitrogen and oxygen atoms in total. The fourth-order valence-corrected chi connectivity index (χ4v) is 1.85. The second kappa shape index (κ2) is 7.23. The van der Waals surface area contributed by atoms with Gasteiger partial charge in [-0.3, -0.25) is 9.59 Å². The van der Waals surface area contributed by atoms with Crippen molar-refractivity contribution in [3.8, 4) is 0 Å². The van der Waals surface area contributed by atoms with Crippen molar-refractivity contribution in [2.24, 2.45) is 0 Å². The smallest absolute Gasteiger partial charge is 0.325 e. The lowest BCUT2D eigenvalue weighted by atomic mass is 10.2. The Morgan fingerprint density at radius 3 is 2.62 bits per heavy atom. The monoisotopic (exact) mass is 288 g/mol. The molecule has 0 spiro atoms. The average Bonchev–Trinajstić information content (AvgIpc) is 3.01. The number of hydrogen-bond donors (Lipinski definition) is 0. The van der Waals surface area contributed by atoms with Crippen LogP contribution in [0.15, 0.2) is 47.2 Å². The molecule has 110 valence electrons. The molecule has 0 radical (unpaired) electrons. The molecule has 21 heavy (non-hydrogen) atoms. The first-order valence-electron chi connectivity index (χ1n) is 6.60. The van der Waals surface area contributed by atoms with Gasteiger partial charge < -0.3 is 14.2 Å². The molecule has 0 aliphatic carbocycles. The lowest BCUT2D eigenvalue weighted by molar-refractivity contribution is -0.143. The summed E-state index contributed by atoms with van der Waals surface area (Å²) in [6.45, 7) is 2.16. The summed E-state index contributed by atoms with van der Waals surface area (Å²) in [4.78, 5) is 25.4. The molecule has 1 heterocycles. The minimum Gasteiger partial charge on any atom is -0.465 e. The van der Waals surface area contributed by atoms with E-state index in [-0.39, 0.29) is 24.8 Å². The zero-order chi connectivity index (χ0) is 15.1. The van der Waals surface area contributed by atoms with Crippen molar-refractivity contribution in [1.82, 2.24) is 10.1 Å². The topological polar surface area (TPSA) is 72.6 Å². The van der Waals surface area contributed by atoms with Crippen LogP contribution in [0.1, 0.15) is 23.0 Å². The molecule has 1 aromatic carbocycles. The van der Waals surface area contributed by atoms with E-state index >= 15 is 0 Å². The van der Waals surface area contributed by atoms with Gasteiger partial charge in [0.1, 0.15) is 12.8 Å². The summed E-state index contributed by atoms with van der Waals surface area (Å²) >= 11 is 0. The Labute approximate surface area is 122 Å². The molecule has 1 aromatic heterocycles. The first-order chi connectivity index (χ1) is 10.2. The van der Waals surface area contributed by atoms with E-state index < -0.39 is 5.97 Å². The van der Waals surface area contributed by atoms with Gasteiger partial charge in [-0.25, -0.2) is 0 Å². The summed E-state index contributed by atoms with van der Waals surface area (Å²) in [6.07, 6.45) is 1.32. The predicted molar refractivity (Wildman–Crippen MR) is 74.3 cm³/mol. The predicted octanol–water partition coefficient (Wildman–Crippen LogP) is 1.88. The molecule has 0 unspecified atom stereocenters. The highest BCUT2D eigenvalue weighted by Gasteiger charge is 2.21. The van der Waals surface area contributed by atoms with Crippen LogP contribution >= 0.6 is 0 Å². The van der Waals surface area contributed by atoms with E-state index in [1.54, 1.807) is 6.92 Å². The minimum atomic E-state index is -0.453. The second-order valence-corrected chi connectivity index (χ2v) is 4.34. The summed E-state index contributed by atoms with van der Waals surface area (Å²) in [5.74, 6) is -0.828. The largest absolute Gasteiger partial charge is 0.465 e. The van der Waals surface area contributed by atoms with Gasteiger partial charge in [0.15, 0.2) is 5.69 Å². The number of esters is 1. The van der Waals surface area contributed by atoms with Crippen LogP contribution in [0.25, 0.3) is 0 Å². The lowest BCUT2D eigenvalue weighted by Gasteiger charge is -2.20. The van der Waals surface area contributed by atoms with Crippen LogP contribution in [-0.2, 0) is 16.1 Å². The van der Waals surface area contributed by atoms with E-state index in [2.05, 4.69) is 9.68 Å². The van der Waals surface area contributed by atoms with Crippen molar-refractivity contribution in [2.45, 2.75) is 13.5 Å². The molecule has 0 N–H and O–H groups in total. The molecule has 2 rings (SSSR count). The Kier molecular flexibility index (Phi) is 5.09. The van der Waals surface area contributed by atoms with Gasteiger partial charge in [-0.1, -0.05) is 35.5 Å². The van der Waals surface area contributed by atoms with Crippen LogP contribution in [0, 0.1) is 0 Å². The third kappa shape index (κ3) is 4.17. The van der Waals surface area contributed by atoms with Crippen molar-refractivity contribution in [2.75, 3.05) is 13.2 Å². The lowest BCUT2D eigenvalue weighted by Crippen LogP contribution is -2.36. The van der Waals surface area contributed by atoms with Gasteiger partial charge in [0.25, 0.3) is 5.91 Å². The molecule has 0 saturated heterocycles. The maximum atomic E-state index is 12.3. The van der Waals surface area contributed by atoms with Crippen LogP contribution in [0.3, 0.4) is 0 Å². The van der Waals surface area contributed by atoms with E-state index in [0.29, 0.717) is 6.54 Å². The number of hydrogen-bond acceptors (Lipinski definition) is 5. The number of carbonyl (C=O) groups is 2. The van der Waals surface area contributed by atoms with Gasteiger partial charge in [-0.15, -0.1) is 0 Å². The van der Waals surface area contributed by atoms with E-state index in [9.17, 15) is 9.59 Å². The molecule has 0 bridgehead atoms. The van der Waals surface area contributed by atoms with Crippen LogP contribution in [0.2, 0.25) is 0 Å². The highest BCUT2D eigenvalue weighted by molar-refractivity contribution is 5.94. The van der Waals surface area contributed by atoms with Crippen molar-refractivity contribution in [3.63, 3.8) is 0 Å². The van der Waals surface area contributed by atoms with Crippen LogP contribution < -0.4 is 0 Å². The summed E-state index contributed by atoms with van der Waals surface area (Å²) in [5, 5.41) is 3.61. The first kappa shape index (κ1) is 14.8. The van der Waals surface area contributed by atoms with Crippen molar-refractivity contribution in [3.05, 3.63) is 53.9 Å². The summed E-state index contributed by atoms with van der Waals surface area (Å²) < 4.78 is 9.58. The maximum Gasteiger partial charge on any atom is 0.325 e. The molecule has 0 fully saturated rings. The molecular formula is C15H16N2O4. The van der Waals surface area contributed by atoms with Crippen molar-refractivity contribution < 1.29 is 18.8 Å². The Hall–Kier alpha value is -2.63. The third-order valence-corrected chi connectivity index (χ3v) is 2.79. The first-order valence-corrected chi connectivity index (χ1v) is 6.60. The van der Waals surface area contributed by atoms with Crippen LogP contribution in [-0.4, -0.2) is 35.1 Å². The molecule has 2 aromatic rings. The van der Waals surface area contributed by atoms with Crippen molar-refractivity contribution in [1.29, 1.82) is 0 Å². The molecular weight excluding hydrogens is 272 g/mol. The van der Waals surface area contributed by atoms with Crippen LogP contribution in [0.4, 0.5) is 0 Å². The number of ether oxygens (including phenoxy) is 1. The van der Waals surface area contributed by atoms with E-state index in [1.165, 1.54) is 17.2 Å². The zero-order valence-corrected chi connectivity index (χ0v) is 11.7. The quantitative estimate of drug-likeness (QED) is 0.759. The van der Waals surface area contributed by atoms with Gasteiger partial charge in [0.05, 0.1) is 6.61 Å². The number of rotatable bonds is 6. The molecule has 0 atom stereocenters. The number of benzene rings is 1. The normalized spacial score (nSPS) is 10.1. The van der Waals surface area contributed by atoms with Gasteiger partial charge in [0.2, 0.25) is 0 Å². The summed E-state index contributed by atoms with van der Waals surface area (Å²) in [6, 6.07) is 10.9. The van der Waals surface area contributed by atoms with E-state index in [4.69, 9.17) is 4.74 Å². The summed E-state index contributed by atoms with van der Waals surface area (Å²) in [5.41, 5.74) is 1.08. The third-order valence-electron chi connectivity index (χ3n) is 2.79. The number of nitrogens with zero attached hydrogens (tertiary/aromatic N) is 2. The SMILES string of the molecule is CCOC(=O)CN(Cc1ccccc1)C(=O)c1ccon1. The molecule has 0 aliphatic heterocycles. The molecule has 6 heteroatoms. The molecule has 0 aliphatic rings. The number of amides is 1. The average molecular weight is 288 g/mol. The van der Waals surface area contributed by atoms with Gasteiger partial charge in [-0.2, -0.15) is 0 Å². The molecule has 1 amide bonds. The Morgan fingerprint density at radius 1 is 1.24 bits per heavy atom. The van der Waals surface area contributed by atoms with Gasteiger partial charge in [0, 0.05) is 12.6 Å². The van der Waals surface area contributed by atoms with Gasteiger partial charge in [-0.05, 0) is 12.5 Å². The Bertz CT molecular complexity index is 581. The van der Waals surface area contributed by atoms with E-state index in [1.807, 2.05) is 30.3 Å². The highest BCUT2D eigenvalue weighted by atomic mass is 16.5. The number of aromatic nitrogens is 1. The highest BCUT2D eigenvalue weighted by Crippen LogP contribution is 2.09. The van der Waals surface area contributed by atoms with Crippen molar-refractivity contribution >= 4 is 11.9 Å². The number of carbonyl (C=O) groups excluding carboxylic acids is 2. The zero-order valence-electron chi connectivity index (χ0n) is 11.7. The maximum absolute atomic E-state index is 12.3. The fourth-order valence-electron chi connectivity index (χ4n) is 1.85. The van der Waals surface area contributed by atoms with Crippen LogP contribution in [0.5, 0.6) is 0 Å². The minimum absolute atomic E-state index is 0.131. The van der Waals surface area contributed by atoms with E-state index in [0.717, 1.165) is 5.56 Å². The Morgan fingerprint density at radius 2 is 2.00 bits per heavy atom. The van der Waals surface area contributed by atoms with Gasteiger partial charge >= 0.3 is 5.97 Å². The Balaban J connectivity index is 2.13. The standard InChI is InChI=1S/C15H16N2O4/c1-2-20-14(18)11-17(10-12-6-4-3-5-7-12)15(19)13-8-9-21-16-13/h3-9H,2,10-11H2,1H3.